The van der Waals surface area contributed by atoms with Gasteiger partial charge >= 0.3 is 11.8 Å². The molecule has 0 aliphatic rings. The number of carbonyl (C=O) groups is 2. The van der Waals surface area contributed by atoms with Gasteiger partial charge in [0, 0.05) is 11.2 Å². The molecule has 3 N–H and O–H groups in total. The summed E-state index contributed by atoms with van der Waals surface area (Å²) in [6.45, 7) is 1.75. The maximum Gasteiger partial charge on any atom is 0.315 e. The van der Waals surface area contributed by atoms with E-state index in [2.05, 4.69) is 15.6 Å². The van der Waals surface area contributed by atoms with Crippen molar-refractivity contribution in [2.75, 3.05) is 10.6 Å². The highest BCUT2D eigenvalue weighted by Gasteiger charge is 2.17. The number of pyridine rings is 1. The zero-order valence-electron chi connectivity index (χ0n) is 11.1. The molecule has 1 aromatic carbocycles. The summed E-state index contributed by atoms with van der Waals surface area (Å²) in [7, 11) is 0. The fraction of sp³-hybridized carbons (Fsp3) is 0.0714. The van der Waals surface area contributed by atoms with Gasteiger partial charge in [0.25, 0.3) is 0 Å². The van der Waals surface area contributed by atoms with E-state index in [0.717, 1.165) is 5.56 Å². The lowest BCUT2D eigenvalue weighted by molar-refractivity contribution is -0.133. The summed E-state index contributed by atoms with van der Waals surface area (Å²) < 4.78 is 0. The Balaban J connectivity index is 2.08. The molecule has 6 nitrogen and oxygen atoms in total. The van der Waals surface area contributed by atoms with E-state index in [4.69, 9.17) is 11.6 Å². The maximum absolute atomic E-state index is 11.8. The first-order valence-corrected chi connectivity index (χ1v) is 6.37. The molecule has 0 saturated heterocycles. The molecule has 0 saturated carbocycles. The summed E-state index contributed by atoms with van der Waals surface area (Å²) in [5.41, 5.74) is 0.782. The van der Waals surface area contributed by atoms with Crippen LogP contribution in [0.25, 0.3) is 0 Å². The number of hydrogen-bond donors (Lipinski definition) is 3. The summed E-state index contributed by atoms with van der Waals surface area (Å²) in [5, 5.41) is 14.6. The van der Waals surface area contributed by atoms with Crippen molar-refractivity contribution < 1.29 is 14.7 Å². The van der Waals surface area contributed by atoms with Crippen LogP contribution in [0.2, 0.25) is 5.02 Å². The lowest BCUT2D eigenvalue weighted by Gasteiger charge is -2.09. The topological polar surface area (TPSA) is 91.3 Å². The minimum absolute atomic E-state index is 0.0559. The molecule has 0 bridgehead atoms. The number of phenols is 1. The lowest BCUT2D eigenvalue weighted by atomic mass is 10.3. The van der Waals surface area contributed by atoms with E-state index in [9.17, 15) is 14.7 Å². The molecule has 0 aliphatic heterocycles. The monoisotopic (exact) mass is 305 g/mol. The number of amides is 2. The average Bonchev–Trinajstić information content (AvgIpc) is 2.45. The fourth-order valence-electron chi connectivity index (χ4n) is 1.57. The first-order chi connectivity index (χ1) is 9.97. The standard InChI is InChI=1S/C14H12ClN3O3/c1-8-3-2-6-16-12(8)18-14(21)13(20)17-10-7-9(15)4-5-11(10)19/h2-7,19H,1H3,(H,17,20)(H,16,18,21). The highest BCUT2D eigenvalue weighted by Crippen LogP contribution is 2.26. The highest BCUT2D eigenvalue weighted by atomic mass is 35.5. The highest BCUT2D eigenvalue weighted by molar-refractivity contribution is 6.43. The molecule has 1 aromatic heterocycles. The van der Waals surface area contributed by atoms with Crippen LogP contribution in [-0.2, 0) is 9.59 Å². The second-order valence-corrected chi connectivity index (χ2v) is 4.68. The van der Waals surface area contributed by atoms with E-state index in [0.29, 0.717) is 10.8 Å². The second kappa shape index (κ2) is 6.23. The van der Waals surface area contributed by atoms with Crippen molar-refractivity contribution in [3.63, 3.8) is 0 Å². The van der Waals surface area contributed by atoms with Crippen LogP contribution in [0.4, 0.5) is 11.5 Å². The minimum Gasteiger partial charge on any atom is -0.506 e. The number of benzene rings is 1. The van der Waals surface area contributed by atoms with Crippen molar-refractivity contribution in [3.8, 4) is 5.75 Å². The van der Waals surface area contributed by atoms with Gasteiger partial charge in [-0.3, -0.25) is 9.59 Å². The van der Waals surface area contributed by atoms with Gasteiger partial charge in [0.05, 0.1) is 5.69 Å². The summed E-state index contributed by atoms with van der Waals surface area (Å²) in [4.78, 5) is 27.5. The maximum atomic E-state index is 11.8. The Morgan fingerprint density at radius 3 is 2.62 bits per heavy atom. The molecule has 0 spiro atoms. The minimum atomic E-state index is -0.933. The third-order valence-electron chi connectivity index (χ3n) is 2.65. The Kier molecular flexibility index (Phi) is 4.39. The molecule has 108 valence electrons. The Labute approximate surface area is 125 Å². The number of aryl methyl sites for hydroxylation is 1. The Bertz CT molecular complexity index is 704. The van der Waals surface area contributed by atoms with Crippen molar-refractivity contribution in [2.24, 2.45) is 0 Å². The van der Waals surface area contributed by atoms with E-state index in [1.807, 2.05) is 0 Å². The predicted octanol–water partition coefficient (Wildman–Crippen LogP) is 2.33. The Hall–Kier alpha value is -2.60. The van der Waals surface area contributed by atoms with Crippen LogP contribution in [0.15, 0.2) is 36.5 Å². The zero-order valence-corrected chi connectivity index (χ0v) is 11.8. The Morgan fingerprint density at radius 1 is 1.19 bits per heavy atom. The van der Waals surface area contributed by atoms with Crippen LogP contribution in [0.1, 0.15) is 5.56 Å². The predicted molar refractivity (Wildman–Crippen MR) is 79.4 cm³/mol. The first kappa shape index (κ1) is 14.8. The van der Waals surface area contributed by atoms with Gasteiger partial charge in [0.15, 0.2) is 0 Å². The normalized spacial score (nSPS) is 10.0. The molecule has 21 heavy (non-hydrogen) atoms. The van der Waals surface area contributed by atoms with E-state index in [1.165, 1.54) is 24.4 Å². The summed E-state index contributed by atoms with van der Waals surface area (Å²) in [5.74, 6) is -1.71. The number of aromatic hydroxyl groups is 1. The molecule has 2 aromatic rings. The molecule has 0 aliphatic carbocycles. The van der Waals surface area contributed by atoms with Gasteiger partial charge in [-0.15, -0.1) is 0 Å². The van der Waals surface area contributed by atoms with Crippen molar-refractivity contribution >= 4 is 34.9 Å². The molecular weight excluding hydrogens is 294 g/mol. The van der Waals surface area contributed by atoms with Crippen LogP contribution in [-0.4, -0.2) is 21.9 Å². The van der Waals surface area contributed by atoms with Gasteiger partial charge in [-0.2, -0.15) is 0 Å². The number of anilines is 2. The number of rotatable bonds is 2. The van der Waals surface area contributed by atoms with Crippen LogP contribution in [0, 0.1) is 6.92 Å². The third kappa shape index (κ3) is 3.70. The van der Waals surface area contributed by atoms with Crippen molar-refractivity contribution in [1.29, 1.82) is 0 Å². The summed E-state index contributed by atoms with van der Waals surface area (Å²) >= 11 is 5.76. The largest absolute Gasteiger partial charge is 0.506 e. The number of halogens is 1. The van der Waals surface area contributed by atoms with Crippen molar-refractivity contribution in [2.45, 2.75) is 6.92 Å². The van der Waals surface area contributed by atoms with Crippen molar-refractivity contribution in [3.05, 3.63) is 47.1 Å². The number of aromatic nitrogens is 1. The Morgan fingerprint density at radius 2 is 1.90 bits per heavy atom. The molecule has 0 fully saturated rings. The molecular formula is C14H12ClN3O3. The quantitative estimate of drug-likeness (QED) is 0.586. The lowest BCUT2D eigenvalue weighted by Crippen LogP contribution is -2.29. The summed E-state index contributed by atoms with van der Waals surface area (Å²) in [6, 6.07) is 7.59. The summed E-state index contributed by atoms with van der Waals surface area (Å²) in [6.07, 6.45) is 1.50. The number of nitrogens with one attached hydrogen (secondary N) is 2. The second-order valence-electron chi connectivity index (χ2n) is 4.24. The smallest absolute Gasteiger partial charge is 0.315 e. The van der Waals surface area contributed by atoms with Gasteiger partial charge in [-0.25, -0.2) is 4.98 Å². The molecule has 0 unspecified atom stereocenters. The van der Waals surface area contributed by atoms with Crippen LogP contribution in [0.3, 0.4) is 0 Å². The van der Waals surface area contributed by atoms with Gasteiger partial charge in [0.2, 0.25) is 0 Å². The van der Waals surface area contributed by atoms with E-state index in [-0.39, 0.29) is 11.4 Å². The van der Waals surface area contributed by atoms with Crippen LogP contribution in [0.5, 0.6) is 5.75 Å². The van der Waals surface area contributed by atoms with Gasteiger partial charge < -0.3 is 15.7 Å². The molecule has 1 heterocycles. The van der Waals surface area contributed by atoms with Crippen LogP contribution < -0.4 is 10.6 Å². The van der Waals surface area contributed by atoms with Crippen molar-refractivity contribution in [1.82, 2.24) is 4.98 Å². The average molecular weight is 306 g/mol. The third-order valence-corrected chi connectivity index (χ3v) is 2.89. The molecule has 2 amide bonds. The molecule has 2 rings (SSSR count). The van der Waals surface area contributed by atoms with Crippen LogP contribution >= 0.6 is 11.6 Å². The number of nitrogens with zero attached hydrogens (tertiary/aromatic N) is 1. The van der Waals surface area contributed by atoms with E-state index < -0.39 is 11.8 Å². The molecule has 7 heteroatoms. The zero-order chi connectivity index (χ0) is 15.4. The molecule has 0 radical (unpaired) electrons. The van der Waals surface area contributed by atoms with Gasteiger partial charge in [-0.1, -0.05) is 17.7 Å². The first-order valence-electron chi connectivity index (χ1n) is 6.00. The van der Waals surface area contributed by atoms with Gasteiger partial charge in [0.1, 0.15) is 11.6 Å². The fourth-order valence-corrected chi connectivity index (χ4v) is 1.74. The van der Waals surface area contributed by atoms with E-state index >= 15 is 0 Å². The number of carbonyl (C=O) groups excluding carboxylic acids is 2. The van der Waals surface area contributed by atoms with Gasteiger partial charge in [-0.05, 0) is 36.8 Å². The number of hydrogen-bond acceptors (Lipinski definition) is 4. The van der Waals surface area contributed by atoms with E-state index in [1.54, 1.807) is 19.1 Å². The molecule has 0 atom stereocenters. The SMILES string of the molecule is Cc1cccnc1NC(=O)C(=O)Nc1cc(Cl)ccc1O. The number of phenolic OH excluding ortho intramolecular Hbond substituents is 1.